The molecule has 10 nitrogen and oxygen atoms in total. The van der Waals surface area contributed by atoms with Crippen LogP contribution in [0.3, 0.4) is 0 Å². The van der Waals surface area contributed by atoms with E-state index in [4.69, 9.17) is 9.47 Å². The van der Waals surface area contributed by atoms with Gasteiger partial charge in [0, 0.05) is 43.0 Å². The number of benzene rings is 2. The number of nitrogens with one attached hydrogen (secondary N) is 3. The van der Waals surface area contributed by atoms with Crippen molar-refractivity contribution in [3.63, 3.8) is 0 Å². The topological polar surface area (TPSA) is 114 Å². The molecule has 3 aromatic rings. The van der Waals surface area contributed by atoms with E-state index in [-0.39, 0.29) is 23.8 Å². The van der Waals surface area contributed by atoms with Crippen molar-refractivity contribution in [2.24, 2.45) is 11.8 Å². The maximum absolute atomic E-state index is 13.1. The molecule has 2 unspecified atom stereocenters. The normalized spacial score (nSPS) is 24.2. The monoisotopic (exact) mass is 555 g/mol. The number of carbonyl (C=O) groups excluding carboxylic acids is 1. The van der Waals surface area contributed by atoms with Crippen molar-refractivity contribution in [1.82, 2.24) is 25.2 Å². The summed E-state index contributed by atoms with van der Waals surface area (Å²) in [6, 6.07) is 14.3. The van der Waals surface area contributed by atoms with Gasteiger partial charge in [-0.15, -0.1) is 0 Å². The molecule has 1 aliphatic carbocycles. The molecule has 40 heavy (non-hydrogen) atoms. The lowest BCUT2D eigenvalue weighted by atomic mass is 10.1. The second-order valence-electron chi connectivity index (χ2n) is 10.3. The lowest BCUT2D eigenvalue weighted by Gasteiger charge is -2.22. The quantitative estimate of drug-likeness (QED) is 0.437. The van der Waals surface area contributed by atoms with Crippen molar-refractivity contribution >= 4 is 23.5 Å². The Hall–Kier alpha value is -4.13. The smallest absolute Gasteiger partial charge is 0.422 e. The van der Waals surface area contributed by atoms with E-state index in [1.165, 1.54) is 0 Å². The number of amides is 1. The third-order valence-corrected chi connectivity index (χ3v) is 7.20. The fourth-order valence-electron chi connectivity index (χ4n) is 5.13. The molecule has 1 saturated carbocycles. The zero-order valence-electron chi connectivity index (χ0n) is 21.6. The molecular formula is C27H28F3N7O3. The maximum atomic E-state index is 13.1. The number of carbonyl (C=O) groups is 1. The molecule has 3 N–H and O–H groups in total. The Bertz CT molecular complexity index is 1360. The number of nitrogens with zero attached hydrogens (tertiary/aromatic N) is 4. The average molecular weight is 556 g/mol. The molecule has 9 heterocycles. The van der Waals surface area contributed by atoms with Crippen molar-refractivity contribution in [2.45, 2.75) is 31.7 Å². The highest BCUT2D eigenvalue weighted by Crippen LogP contribution is 2.46. The first-order valence-corrected chi connectivity index (χ1v) is 13.0. The first-order valence-electron chi connectivity index (χ1n) is 13.0. The number of anilines is 3. The maximum Gasteiger partial charge on any atom is 0.422 e. The van der Waals surface area contributed by atoms with Gasteiger partial charge in [0.1, 0.15) is 12.4 Å². The van der Waals surface area contributed by atoms with Crippen LogP contribution < -0.4 is 25.4 Å². The lowest BCUT2D eigenvalue weighted by molar-refractivity contribution is -0.154. The minimum atomic E-state index is -4.55. The third kappa shape index (κ3) is 6.03. The minimum Gasteiger partial charge on any atom is -0.492 e. The van der Waals surface area contributed by atoms with E-state index < -0.39 is 18.8 Å². The van der Waals surface area contributed by atoms with Crippen molar-refractivity contribution < 1.29 is 27.4 Å². The second-order valence-corrected chi connectivity index (χ2v) is 10.3. The number of piperidine rings is 1. The number of hydrogen-bond donors (Lipinski definition) is 3. The van der Waals surface area contributed by atoms with E-state index in [1.807, 2.05) is 29.2 Å². The Morgan fingerprint density at radius 1 is 1.00 bits per heavy atom. The Morgan fingerprint density at radius 3 is 2.40 bits per heavy atom. The molecule has 2 aromatic carbocycles. The van der Waals surface area contributed by atoms with Gasteiger partial charge in [0.05, 0.1) is 0 Å². The zero-order valence-corrected chi connectivity index (χ0v) is 21.6. The van der Waals surface area contributed by atoms with Gasteiger partial charge < -0.3 is 30.3 Å². The van der Waals surface area contributed by atoms with Gasteiger partial charge >= 0.3 is 12.2 Å². The van der Waals surface area contributed by atoms with Crippen molar-refractivity contribution in [2.75, 3.05) is 36.9 Å². The van der Waals surface area contributed by atoms with Gasteiger partial charge in [-0.1, -0.05) is 12.1 Å². The molecule has 12 rings (SSSR count). The van der Waals surface area contributed by atoms with Crippen molar-refractivity contribution in [3.8, 4) is 11.8 Å². The molecule has 8 aliphatic heterocycles. The summed E-state index contributed by atoms with van der Waals surface area (Å²) in [5, 5.41) is 9.60. The highest BCUT2D eigenvalue weighted by molar-refractivity contribution is 5.95. The van der Waals surface area contributed by atoms with E-state index in [0.29, 0.717) is 55.4 Å². The van der Waals surface area contributed by atoms with Crippen LogP contribution in [0.5, 0.6) is 11.8 Å². The van der Waals surface area contributed by atoms with E-state index in [1.54, 1.807) is 24.3 Å². The molecule has 1 amide bonds. The number of alkyl halides is 3. The molecule has 10 bridgehead atoms. The number of rotatable bonds is 2. The first-order chi connectivity index (χ1) is 19.2. The van der Waals surface area contributed by atoms with Crippen LogP contribution in [-0.4, -0.2) is 70.3 Å². The average Bonchev–Trinajstić information content (AvgIpc) is 3.35. The number of aromatic nitrogens is 3. The fraction of sp³-hybridized carbons (Fsp3) is 0.407. The lowest BCUT2D eigenvalue weighted by Crippen LogP contribution is -2.40. The van der Waals surface area contributed by atoms with E-state index in [9.17, 15) is 18.0 Å². The van der Waals surface area contributed by atoms with Crippen LogP contribution in [0.2, 0.25) is 0 Å². The zero-order chi connectivity index (χ0) is 27.9. The Labute approximate surface area is 228 Å². The highest BCUT2D eigenvalue weighted by Gasteiger charge is 2.56. The Morgan fingerprint density at radius 2 is 1.70 bits per heavy atom. The van der Waals surface area contributed by atoms with Gasteiger partial charge in [0.15, 0.2) is 6.61 Å². The summed E-state index contributed by atoms with van der Waals surface area (Å²) in [5.74, 6) is 1.59. The molecule has 13 heteroatoms. The molecule has 1 saturated heterocycles. The van der Waals surface area contributed by atoms with Crippen molar-refractivity contribution in [3.05, 3.63) is 59.7 Å². The van der Waals surface area contributed by atoms with Crippen molar-refractivity contribution in [1.29, 1.82) is 0 Å². The van der Waals surface area contributed by atoms with Crippen LogP contribution in [0.15, 0.2) is 48.5 Å². The number of hydrogen-bond acceptors (Lipinski definition) is 9. The van der Waals surface area contributed by atoms with E-state index in [2.05, 4.69) is 37.8 Å². The fourth-order valence-corrected chi connectivity index (χ4v) is 5.13. The van der Waals surface area contributed by atoms with Crippen LogP contribution in [-0.2, 0) is 6.54 Å². The van der Waals surface area contributed by atoms with Crippen LogP contribution in [0.1, 0.15) is 22.8 Å². The minimum absolute atomic E-state index is 0.0109. The van der Waals surface area contributed by atoms with Crippen LogP contribution in [0.25, 0.3) is 0 Å². The second kappa shape index (κ2) is 10.5. The van der Waals surface area contributed by atoms with Gasteiger partial charge in [0.25, 0.3) is 5.91 Å². The predicted octanol–water partition coefficient (Wildman–Crippen LogP) is 3.61. The van der Waals surface area contributed by atoms with E-state index in [0.717, 1.165) is 11.3 Å². The summed E-state index contributed by atoms with van der Waals surface area (Å²) in [6.45, 7) is 2.76. The molecular weight excluding hydrogens is 527 g/mol. The first kappa shape index (κ1) is 26.1. The number of ether oxygens (including phenoxy) is 2. The van der Waals surface area contributed by atoms with Gasteiger partial charge in [-0.3, -0.25) is 4.79 Å². The summed E-state index contributed by atoms with van der Waals surface area (Å²) >= 11 is 0. The summed E-state index contributed by atoms with van der Waals surface area (Å²) in [7, 11) is 0. The van der Waals surface area contributed by atoms with Gasteiger partial charge in [-0.25, -0.2) is 0 Å². The molecule has 210 valence electrons. The van der Waals surface area contributed by atoms with Gasteiger partial charge in [0.2, 0.25) is 11.9 Å². The van der Waals surface area contributed by atoms with Gasteiger partial charge in [-0.2, -0.15) is 28.1 Å². The summed E-state index contributed by atoms with van der Waals surface area (Å²) < 4.78 is 49.0. The largest absolute Gasteiger partial charge is 0.492 e. The molecule has 0 spiro atoms. The highest BCUT2D eigenvalue weighted by atomic mass is 19.4. The van der Waals surface area contributed by atoms with Crippen LogP contribution in [0.4, 0.5) is 30.8 Å². The molecule has 1 aromatic heterocycles. The summed E-state index contributed by atoms with van der Waals surface area (Å²) in [5.41, 5.74) is 1.99. The molecule has 3 atom stereocenters. The number of halogens is 3. The van der Waals surface area contributed by atoms with Crippen LogP contribution >= 0.6 is 0 Å². The SMILES string of the molecule is C[C@H]1COc2ccc(cc2)CNc2nc(nc(OCC(F)(F)F)n2)Nc2ccc(cc2)C(=O)N2CC3C(C2)C3N1. The van der Waals surface area contributed by atoms with Gasteiger partial charge in [-0.05, 0) is 60.7 Å². The summed E-state index contributed by atoms with van der Waals surface area (Å²) in [6.07, 6.45) is -4.55. The predicted molar refractivity (Wildman–Crippen MR) is 140 cm³/mol. The standard InChI is InChI=1S/C27H28F3N7O3/c1-15-13-39-19-8-2-16(3-9-19)10-31-24-34-25(36-26(35-24)40-14-27(28,29)30)33-18-6-4-17(5-7-18)23(38)37-11-20-21(12-37)22(20)32-15/h2-9,15,20-22,32H,10-14H2,1H3,(H2,31,33,34,35,36)/t15-,20?,21?,22?/m0/s1. The third-order valence-electron chi connectivity index (χ3n) is 7.20. The molecule has 9 aliphatic rings. The Balaban J connectivity index is 1.25. The van der Waals surface area contributed by atoms with Crippen LogP contribution in [0, 0.1) is 11.8 Å². The molecule has 0 radical (unpaired) electrons. The molecule has 2 fully saturated rings. The Kier molecular flexibility index (Phi) is 6.82. The van der Waals surface area contributed by atoms with E-state index >= 15 is 0 Å². The summed E-state index contributed by atoms with van der Waals surface area (Å²) in [4.78, 5) is 27.2.